The highest BCUT2D eigenvalue weighted by molar-refractivity contribution is 7.16. The summed E-state index contributed by atoms with van der Waals surface area (Å²) in [5.74, 6) is 0.350. The summed E-state index contributed by atoms with van der Waals surface area (Å²) in [6, 6.07) is 15.3. The van der Waals surface area contributed by atoms with E-state index >= 15 is 0 Å². The molecule has 0 spiro atoms. The van der Waals surface area contributed by atoms with Crippen LogP contribution < -0.4 is 10.1 Å². The summed E-state index contributed by atoms with van der Waals surface area (Å²) >= 11 is 1.32. The number of amides is 2. The van der Waals surface area contributed by atoms with Crippen molar-refractivity contribution in [3.63, 3.8) is 0 Å². The lowest BCUT2D eigenvalue weighted by atomic mass is 10.0. The quantitative estimate of drug-likeness (QED) is 0.444. The SMILES string of the molecule is CCOc1ccccc1C=CC(=O)Nc1sc2c(c1C#N)CCN(C(=O)OCCc1ccccn1)C2. The Bertz CT molecular complexity index is 1300. The Balaban J connectivity index is 1.38. The molecule has 8 nitrogen and oxygen atoms in total. The number of anilines is 1. The van der Waals surface area contributed by atoms with Crippen molar-refractivity contribution < 1.29 is 19.1 Å². The van der Waals surface area contributed by atoms with Crippen molar-refractivity contribution in [2.75, 3.05) is 25.1 Å². The summed E-state index contributed by atoms with van der Waals surface area (Å²) in [7, 11) is 0. The molecule has 3 aromatic rings. The van der Waals surface area contributed by atoms with Gasteiger partial charge in [0.25, 0.3) is 0 Å². The van der Waals surface area contributed by atoms with E-state index in [2.05, 4.69) is 16.4 Å². The molecule has 3 heterocycles. The van der Waals surface area contributed by atoms with Crippen LogP contribution in [-0.2, 0) is 28.9 Å². The predicted octanol–water partition coefficient (Wildman–Crippen LogP) is 4.80. The standard InChI is InChI=1S/C27H26N4O4S/c1-2-34-23-9-4-3-7-19(23)10-11-25(32)30-26-22(17-28)21-12-15-31(18-24(21)36-26)27(33)35-16-13-20-8-5-6-14-29-20/h3-11,14H,2,12-13,15-16,18H2,1H3,(H,30,32). The molecule has 0 fully saturated rings. The van der Waals surface area contributed by atoms with E-state index in [-0.39, 0.29) is 12.5 Å². The van der Waals surface area contributed by atoms with E-state index < -0.39 is 6.09 Å². The van der Waals surface area contributed by atoms with Gasteiger partial charge in [-0.15, -0.1) is 11.3 Å². The summed E-state index contributed by atoms with van der Waals surface area (Å²) in [6.45, 7) is 3.45. The number of carbonyl (C=O) groups excluding carboxylic acids is 2. The van der Waals surface area contributed by atoms with Crippen LogP contribution in [0.15, 0.2) is 54.7 Å². The minimum absolute atomic E-state index is 0.243. The molecule has 1 aliphatic rings. The van der Waals surface area contributed by atoms with E-state index in [4.69, 9.17) is 9.47 Å². The Morgan fingerprint density at radius 2 is 2.08 bits per heavy atom. The van der Waals surface area contributed by atoms with E-state index in [1.54, 1.807) is 17.2 Å². The molecule has 0 saturated heterocycles. The molecule has 1 N–H and O–H groups in total. The summed E-state index contributed by atoms with van der Waals surface area (Å²) in [5.41, 5.74) is 2.98. The zero-order chi connectivity index (χ0) is 25.3. The van der Waals surface area contributed by atoms with Crippen LogP contribution in [0.5, 0.6) is 5.75 Å². The van der Waals surface area contributed by atoms with Crippen molar-refractivity contribution in [1.82, 2.24) is 9.88 Å². The number of aromatic nitrogens is 1. The number of nitrogens with zero attached hydrogens (tertiary/aromatic N) is 3. The lowest BCUT2D eigenvalue weighted by Crippen LogP contribution is -2.36. The number of pyridine rings is 1. The first-order chi connectivity index (χ1) is 17.6. The van der Waals surface area contributed by atoms with Gasteiger partial charge in [0.05, 0.1) is 25.3 Å². The number of benzene rings is 1. The first-order valence-electron chi connectivity index (χ1n) is 11.7. The Kier molecular flexibility index (Phi) is 8.32. The average molecular weight is 503 g/mol. The lowest BCUT2D eigenvalue weighted by Gasteiger charge is -2.26. The van der Waals surface area contributed by atoms with Crippen LogP contribution in [0.2, 0.25) is 0 Å². The number of para-hydroxylation sites is 1. The second kappa shape index (κ2) is 12.0. The van der Waals surface area contributed by atoms with Crippen LogP contribution in [-0.4, -0.2) is 41.6 Å². The third kappa shape index (κ3) is 6.09. The molecular formula is C27H26N4O4S. The average Bonchev–Trinajstić information content (AvgIpc) is 3.24. The van der Waals surface area contributed by atoms with Crippen molar-refractivity contribution in [2.45, 2.75) is 26.3 Å². The van der Waals surface area contributed by atoms with Gasteiger partial charge in [-0.1, -0.05) is 24.3 Å². The summed E-state index contributed by atoms with van der Waals surface area (Å²) in [4.78, 5) is 31.9. The van der Waals surface area contributed by atoms with E-state index in [1.165, 1.54) is 17.4 Å². The number of thiophene rings is 1. The number of hydrogen-bond acceptors (Lipinski definition) is 7. The van der Waals surface area contributed by atoms with Gasteiger partial charge >= 0.3 is 6.09 Å². The maximum absolute atomic E-state index is 12.6. The molecule has 0 bridgehead atoms. The van der Waals surface area contributed by atoms with E-state index in [1.807, 2.05) is 49.4 Å². The molecule has 1 aromatic carbocycles. The van der Waals surface area contributed by atoms with Gasteiger partial charge in [0.2, 0.25) is 5.91 Å². The molecule has 184 valence electrons. The van der Waals surface area contributed by atoms with Gasteiger partial charge in [0, 0.05) is 41.4 Å². The fourth-order valence-electron chi connectivity index (χ4n) is 3.87. The van der Waals surface area contributed by atoms with Crippen molar-refractivity contribution >= 4 is 34.4 Å². The van der Waals surface area contributed by atoms with Crippen molar-refractivity contribution in [1.29, 1.82) is 5.26 Å². The van der Waals surface area contributed by atoms with E-state index in [0.717, 1.165) is 21.7 Å². The monoisotopic (exact) mass is 502 g/mol. The smallest absolute Gasteiger partial charge is 0.410 e. The zero-order valence-electron chi connectivity index (χ0n) is 19.9. The maximum Gasteiger partial charge on any atom is 0.410 e. The Hall–Kier alpha value is -4.16. The molecule has 2 amide bonds. The number of ether oxygens (including phenoxy) is 2. The first kappa shape index (κ1) is 24.9. The minimum atomic E-state index is -0.398. The lowest BCUT2D eigenvalue weighted by molar-refractivity contribution is -0.111. The second-order valence-electron chi connectivity index (χ2n) is 7.97. The second-order valence-corrected chi connectivity index (χ2v) is 9.08. The van der Waals surface area contributed by atoms with Crippen LogP contribution in [0.4, 0.5) is 9.80 Å². The Morgan fingerprint density at radius 1 is 1.25 bits per heavy atom. The number of carbonyl (C=O) groups is 2. The van der Waals surface area contributed by atoms with Gasteiger partial charge in [0.1, 0.15) is 16.8 Å². The molecule has 0 saturated carbocycles. The molecule has 0 atom stereocenters. The van der Waals surface area contributed by atoms with Gasteiger partial charge in [-0.05, 0) is 43.2 Å². The van der Waals surface area contributed by atoms with Crippen LogP contribution >= 0.6 is 11.3 Å². The van der Waals surface area contributed by atoms with Gasteiger partial charge in [0.15, 0.2) is 0 Å². The predicted molar refractivity (Wildman–Crippen MR) is 138 cm³/mol. The molecule has 0 aliphatic carbocycles. The number of fused-ring (bicyclic) bond motifs is 1. The molecule has 1 aliphatic heterocycles. The van der Waals surface area contributed by atoms with Crippen molar-refractivity contribution in [3.05, 3.63) is 82.0 Å². The Morgan fingerprint density at radius 3 is 2.86 bits per heavy atom. The normalized spacial score (nSPS) is 12.6. The minimum Gasteiger partial charge on any atom is -0.493 e. The molecule has 9 heteroatoms. The summed E-state index contributed by atoms with van der Waals surface area (Å²) in [5, 5.41) is 13.1. The number of nitriles is 1. The van der Waals surface area contributed by atoms with Crippen LogP contribution in [0.25, 0.3) is 6.08 Å². The third-order valence-electron chi connectivity index (χ3n) is 5.61. The van der Waals surface area contributed by atoms with Gasteiger partial charge in [-0.25, -0.2) is 4.79 Å². The largest absolute Gasteiger partial charge is 0.493 e. The maximum atomic E-state index is 12.6. The topological polar surface area (TPSA) is 105 Å². The fraction of sp³-hybridized carbons (Fsp3) is 0.259. The fourth-order valence-corrected chi connectivity index (χ4v) is 5.09. The third-order valence-corrected chi connectivity index (χ3v) is 6.74. The zero-order valence-corrected chi connectivity index (χ0v) is 20.7. The van der Waals surface area contributed by atoms with Gasteiger partial charge in [-0.3, -0.25) is 9.78 Å². The molecule has 4 rings (SSSR count). The molecule has 36 heavy (non-hydrogen) atoms. The number of hydrogen-bond donors (Lipinski definition) is 1. The van der Waals surface area contributed by atoms with Gasteiger partial charge < -0.3 is 19.7 Å². The molecular weight excluding hydrogens is 476 g/mol. The summed E-state index contributed by atoms with van der Waals surface area (Å²) in [6.07, 6.45) is 5.48. The van der Waals surface area contributed by atoms with Crippen LogP contribution in [0, 0.1) is 11.3 Å². The number of rotatable bonds is 8. The molecule has 0 unspecified atom stereocenters. The molecule has 0 radical (unpaired) electrons. The highest BCUT2D eigenvalue weighted by atomic mass is 32.1. The van der Waals surface area contributed by atoms with Gasteiger partial charge in [-0.2, -0.15) is 5.26 Å². The Labute approximate surface area is 213 Å². The highest BCUT2D eigenvalue weighted by Gasteiger charge is 2.28. The van der Waals surface area contributed by atoms with E-state index in [9.17, 15) is 14.9 Å². The van der Waals surface area contributed by atoms with Crippen LogP contribution in [0.1, 0.15) is 34.2 Å². The summed E-state index contributed by atoms with van der Waals surface area (Å²) < 4.78 is 11.0. The van der Waals surface area contributed by atoms with Crippen molar-refractivity contribution in [3.8, 4) is 11.8 Å². The highest BCUT2D eigenvalue weighted by Crippen LogP contribution is 2.37. The van der Waals surface area contributed by atoms with Crippen LogP contribution in [0.3, 0.4) is 0 Å². The number of nitrogens with one attached hydrogen (secondary N) is 1. The van der Waals surface area contributed by atoms with Crippen molar-refractivity contribution in [2.24, 2.45) is 0 Å². The van der Waals surface area contributed by atoms with E-state index in [0.29, 0.717) is 48.9 Å². The first-order valence-corrected chi connectivity index (χ1v) is 12.5. The molecule has 2 aromatic heterocycles.